The predicted molar refractivity (Wildman–Crippen MR) is 86.9 cm³/mol. The molecule has 0 bridgehead atoms. The van der Waals surface area contributed by atoms with Gasteiger partial charge in [0.15, 0.2) is 6.61 Å². The van der Waals surface area contributed by atoms with E-state index >= 15 is 0 Å². The van der Waals surface area contributed by atoms with E-state index in [1.54, 1.807) is 18.2 Å². The molecule has 0 aliphatic heterocycles. The third-order valence-electron chi connectivity index (χ3n) is 3.67. The monoisotopic (exact) mass is 346 g/mol. The van der Waals surface area contributed by atoms with Gasteiger partial charge in [0.25, 0.3) is 5.91 Å². The third-order valence-corrected chi connectivity index (χ3v) is 3.67. The molecule has 2 aromatic rings. The Hall–Kier alpha value is -2.87. The van der Waals surface area contributed by atoms with E-state index in [2.05, 4.69) is 10.6 Å². The topological polar surface area (TPSA) is 107 Å². The zero-order valence-corrected chi connectivity index (χ0v) is 13.7. The second-order valence-electron chi connectivity index (χ2n) is 5.71. The number of amides is 3. The SMILES string of the molecule is COCc1c(C(=O)OCC(=O)NC(=O)NC2CC2)oc2ccccc12. The lowest BCUT2D eigenvalue weighted by molar-refractivity contribution is -0.123. The number of carbonyl (C=O) groups excluding carboxylic acids is 3. The minimum atomic E-state index is -0.791. The maximum atomic E-state index is 12.2. The number of para-hydroxylation sites is 1. The summed E-state index contributed by atoms with van der Waals surface area (Å²) >= 11 is 0. The molecule has 25 heavy (non-hydrogen) atoms. The Balaban J connectivity index is 1.62. The van der Waals surface area contributed by atoms with Crippen LogP contribution in [-0.4, -0.2) is 37.7 Å². The number of hydrogen-bond acceptors (Lipinski definition) is 6. The number of rotatable bonds is 6. The molecule has 1 aliphatic carbocycles. The average Bonchev–Trinajstić information content (AvgIpc) is 3.32. The van der Waals surface area contributed by atoms with Gasteiger partial charge in [0.05, 0.1) is 6.61 Å². The Morgan fingerprint density at radius 3 is 2.72 bits per heavy atom. The van der Waals surface area contributed by atoms with Crippen LogP contribution >= 0.6 is 0 Å². The molecule has 1 aromatic heterocycles. The molecule has 8 heteroatoms. The van der Waals surface area contributed by atoms with Gasteiger partial charge in [-0.3, -0.25) is 10.1 Å². The number of methoxy groups -OCH3 is 1. The fourth-order valence-corrected chi connectivity index (χ4v) is 2.36. The number of nitrogens with one attached hydrogen (secondary N) is 2. The number of furan rings is 1. The molecule has 0 unspecified atom stereocenters. The summed E-state index contributed by atoms with van der Waals surface area (Å²) < 4.78 is 15.6. The van der Waals surface area contributed by atoms with Gasteiger partial charge in [-0.2, -0.15) is 0 Å². The van der Waals surface area contributed by atoms with E-state index in [-0.39, 0.29) is 18.4 Å². The first-order chi connectivity index (χ1) is 12.1. The van der Waals surface area contributed by atoms with Crippen LogP contribution in [0.2, 0.25) is 0 Å². The molecule has 3 amide bonds. The summed E-state index contributed by atoms with van der Waals surface area (Å²) in [5.41, 5.74) is 1.07. The molecule has 1 fully saturated rings. The van der Waals surface area contributed by atoms with Gasteiger partial charge in [-0.25, -0.2) is 9.59 Å². The van der Waals surface area contributed by atoms with Crippen molar-refractivity contribution in [3.63, 3.8) is 0 Å². The standard InChI is InChI=1S/C17H18N2O6/c1-23-8-12-11-4-2-3-5-13(11)25-15(12)16(21)24-9-14(20)19-17(22)18-10-6-7-10/h2-5,10H,6-9H2,1H3,(H2,18,19,20,22). The van der Waals surface area contributed by atoms with Gasteiger partial charge in [0.1, 0.15) is 5.58 Å². The molecule has 1 heterocycles. The number of hydrogen-bond donors (Lipinski definition) is 2. The van der Waals surface area contributed by atoms with Crippen LogP contribution in [0.3, 0.4) is 0 Å². The summed E-state index contributed by atoms with van der Waals surface area (Å²) in [6.45, 7) is -0.419. The summed E-state index contributed by atoms with van der Waals surface area (Å²) in [6.07, 6.45) is 1.82. The fraction of sp³-hybridized carbons (Fsp3) is 0.353. The van der Waals surface area contributed by atoms with Crippen molar-refractivity contribution in [1.29, 1.82) is 0 Å². The largest absolute Gasteiger partial charge is 0.450 e. The summed E-state index contributed by atoms with van der Waals surface area (Å²) in [6, 6.07) is 6.66. The van der Waals surface area contributed by atoms with Crippen molar-refractivity contribution in [3.05, 3.63) is 35.6 Å². The van der Waals surface area contributed by atoms with Crippen molar-refractivity contribution in [1.82, 2.24) is 10.6 Å². The number of esters is 1. The first-order valence-electron chi connectivity index (χ1n) is 7.85. The molecule has 3 rings (SSSR count). The predicted octanol–water partition coefficient (Wildman–Crippen LogP) is 1.72. The maximum Gasteiger partial charge on any atom is 0.375 e. The molecule has 1 aromatic carbocycles. The summed E-state index contributed by atoms with van der Waals surface area (Å²) in [5.74, 6) is -1.52. The number of fused-ring (bicyclic) bond motifs is 1. The van der Waals surface area contributed by atoms with Gasteiger partial charge in [0, 0.05) is 24.1 Å². The maximum absolute atomic E-state index is 12.2. The van der Waals surface area contributed by atoms with Crippen molar-refractivity contribution < 1.29 is 28.3 Å². The van der Waals surface area contributed by atoms with E-state index in [0.717, 1.165) is 18.2 Å². The molecule has 0 saturated heterocycles. The Labute approximate surface area is 143 Å². The number of imide groups is 1. The van der Waals surface area contributed by atoms with Crippen molar-refractivity contribution in [2.24, 2.45) is 0 Å². The number of ether oxygens (including phenoxy) is 2. The number of urea groups is 1. The first-order valence-corrected chi connectivity index (χ1v) is 7.85. The van der Waals surface area contributed by atoms with Crippen LogP contribution in [0.25, 0.3) is 11.0 Å². The fourth-order valence-electron chi connectivity index (χ4n) is 2.36. The van der Waals surface area contributed by atoms with Gasteiger partial charge in [0.2, 0.25) is 5.76 Å². The van der Waals surface area contributed by atoms with Crippen molar-refractivity contribution in [2.75, 3.05) is 13.7 Å². The first kappa shape index (κ1) is 17.0. The number of carbonyl (C=O) groups is 3. The molecular weight excluding hydrogens is 328 g/mol. The van der Waals surface area contributed by atoms with Gasteiger partial charge >= 0.3 is 12.0 Å². The zero-order chi connectivity index (χ0) is 17.8. The van der Waals surface area contributed by atoms with Gasteiger partial charge in [-0.1, -0.05) is 18.2 Å². The highest BCUT2D eigenvalue weighted by atomic mass is 16.5. The quantitative estimate of drug-likeness (QED) is 0.772. The molecule has 0 atom stereocenters. The molecular formula is C17H18N2O6. The van der Waals surface area contributed by atoms with Crippen molar-refractivity contribution >= 4 is 28.9 Å². The zero-order valence-electron chi connectivity index (χ0n) is 13.7. The Morgan fingerprint density at radius 2 is 2.00 bits per heavy atom. The van der Waals surface area contributed by atoms with Crippen LogP contribution in [-0.2, 0) is 20.9 Å². The van der Waals surface area contributed by atoms with E-state index in [1.807, 2.05) is 6.07 Å². The molecule has 0 radical (unpaired) electrons. The van der Waals surface area contributed by atoms with E-state index < -0.39 is 24.5 Å². The van der Waals surface area contributed by atoms with Crippen LogP contribution in [0.1, 0.15) is 29.0 Å². The lowest BCUT2D eigenvalue weighted by Gasteiger charge is -2.06. The van der Waals surface area contributed by atoms with Crippen LogP contribution in [0.15, 0.2) is 28.7 Å². The van der Waals surface area contributed by atoms with Crippen LogP contribution in [0.5, 0.6) is 0 Å². The summed E-state index contributed by atoms with van der Waals surface area (Å²) in [7, 11) is 1.50. The molecule has 0 spiro atoms. The van der Waals surface area contributed by atoms with Crippen LogP contribution in [0.4, 0.5) is 4.79 Å². The highest BCUT2D eigenvalue weighted by Crippen LogP contribution is 2.27. The van der Waals surface area contributed by atoms with Crippen molar-refractivity contribution in [3.8, 4) is 0 Å². The van der Waals surface area contributed by atoms with E-state index in [4.69, 9.17) is 13.9 Å². The van der Waals surface area contributed by atoms with E-state index in [9.17, 15) is 14.4 Å². The summed E-state index contributed by atoms with van der Waals surface area (Å²) in [5, 5.41) is 5.44. The van der Waals surface area contributed by atoms with E-state index in [1.165, 1.54) is 7.11 Å². The van der Waals surface area contributed by atoms with E-state index in [0.29, 0.717) is 11.1 Å². The molecule has 1 aliphatic rings. The lowest BCUT2D eigenvalue weighted by atomic mass is 10.1. The molecule has 8 nitrogen and oxygen atoms in total. The van der Waals surface area contributed by atoms with Gasteiger partial charge < -0.3 is 19.2 Å². The second kappa shape index (κ2) is 7.35. The molecule has 2 N–H and O–H groups in total. The molecule has 1 saturated carbocycles. The second-order valence-corrected chi connectivity index (χ2v) is 5.71. The minimum Gasteiger partial charge on any atom is -0.450 e. The summed E-state index contributed by atoms with van der Waals surface area (Å²) in [4.78, 5) is 35.4. The van der Waals surface area contributed by atoms with Gasteiger partial charge in [-0.05, 0) is 18.9 Å². The average molecular weight is 346 g/mol. The lowest BCUT2D eigenvalue weighted by Crippen LogP contribution is -2.42. The Bertz CT molecular complexity index is 809. The van der Waals surface area contributed by atoms with Gasteiger partial charge in [-0.15, -0.1) is 0 Å². The Morgan fingerprint density at radius 1 is 1.24 bits per heavy atom. The third kappa shape index (κ3) is 4.16. The highest BCUT2D eigenvalue weighted by Gasteiger charge is 2.25. The number of benzene rings is 1. The Kier molecular flexibility index (Phi) is 4.99. The highest BCUT2D eigenvalue weighted by molar-refractivity contribution is 5.99. The minimum absolute atomic E-state index is 0.0155. The van der Waals surface area contributed by atoms with Crippen LogP contribution < -0.4 is 10.6 Å². The van der Waals surface area contributed by atoms with Crippen LogP contribution in [0, 0.1) is 0 Å². The normalized spacial score (nSPS) is 13.5. The van der Waals surface area contributed by atoms with Crippen molar-refractivity contribution in [2.45, 2.75) is 25.5 Å². The molecule has 132 valence electrons. The smallest absolute Gasteiger partial charge is 0.375 e.